The highest BCUT2D eigenvalue weighted by Gasteiger charge is 2.31. The highest BCUT2D eigenvalue weighted by atomic mass is 19.4. The molecule has 0 fully saturated rings. The highest BCUT2D eigenvalue weighted by Crippen LogP contribution is 2.30. The monoisotopic (exact) mass is 296 g/mol. The molecule has 0 spiro atoms. The Balaban J connectivity index is 2.10. The molecule has 0 unspecified atom stereocenters. The number of ether oxygens (including phenoxy) is 1. The molecule has 3 nitrogen and oxygen atoms in total. The van der Waals surface area contributed by atoms with Crippen LogP contribution in [0.5, 0.6) is 5.75 Å². The molecule has 0 bridgehead atoms. The van der Waals surface area contributed by atoms with Crippen LogP contribution in [0.1, 0.15) is 16.8 Å². The Bertz CT molecular complexity index is 609. The lowest BCUT2D eigenvalue weighted by Crippen LogP contribution is -2.09. The Morgan fingerprint density at radius 3 is 2.38 bits per heavy atom. The quantitative estimate of drug-likeness (QED) is 0.925. The van der Waals surface area contributed by atoms with Gasteiger partial charge in [0.1, 0.15) is 11.6 Å². The molecule has 0 saturated carbocycles. The van der Waals surface area contributed by atoms with Crippen LogP contribution in [0.2, 0.25) is 0 Å². The first-order valence-electron chi connectivity index (χ1n) is 6.31. The van der Waals surface area contributed by atoms with Gasteiger partial charge < -0.3 is 10.1 Å². The number of anilines is 1. The van der Waals surface area contributed by atoms with Gasteiger partial charge in [-0.25, -0.2) is 4.98 Å². The molecule has 2 aromatic rings. The van der Waals surface area contributed by atoms with Gasteiger partial charge in [0.05, 0.1) is 12.7 Å². The summed E-state index contributed by atoms with van der Waals surface area (Å²) >= 11 is 0. The summed E-state index contributed by atoms with van der Waals surface area (Å²) in [6.45, 7) is 1.92. The third-order valence-electron chi connectivity index (χ3n) is 2.91. The topological polar surface area (TPSA) is 34.1 Å². The van der Waals surface area contributed by atoms with Crippen LogP contribution in [-0.2, 0) is 12.7 Å². The smallest absolute Gasteiger partial charge is 0.416 e. The average molecular weight is 296 g/mol. The number of nitrogens with zero attached hydrogens (tertiary/aromatic N) is 1. The van der Waals surface area contributed by atoms with Gasteiger partial charge in [0, 0.05) is 12.2 Å². The third kappa shape index (κ3) is 4.11. The van der Waals surface area contributed by atoms with E-state index in [9.17, 15) is 13.2 Å². The van der Waals surface area contributed by atoms with Gasteiger partial charge >= 0.3 is 6.18 Å². The Hall–Kier alpha value is -2.24. The summed E-state index contributed by atoms with van der Waals surface area (Å²) in [5, 5.41) is 2.90. The molecule has 112 valence electrons. The first-order valence-corrected chi connectivity index (χ1v) is 6.31. The Kier molecular flexibility index (Phi) is 4.35. The van der Waals surface area contributed by atoms with Gasteiger partial charge in [0.25, 0.3) is 0 Å². The Morgan fingerprint density at radius 2 is 1.81 bits per heavy atom. The summed E-state index contributed by atoms with van der Waals surface area (Å²) in [4.78, 5) is 4.06. The standard InChI is InChI=1S/C15H15F3N2O/c1-10-7-12(15(16,17)18)8-14(20-10)19-9-11-3-5-13(21-2)6-4-11/h3-8H,9H2,1-2H3,(H,19,20). The van der Waals surface area contributed by atoms with Crippen LogP contribution in [-0.4, -0.2) is 12.1 Å². The number of pyridine rings is 1. The number of methoxy groups -OCH3 is 1. The van der Waals surface area contributed by atoms with E-state index < -0.39 is 11.7 Å². The van der Waals surface area contributed by atoms with E-state index >= 15 is 0 Å². The van der Waals surface area contributed by atoms with E-state index in [1.807, 2.05) is 12.1 Å². The van der Waals surface area contributed by atoms with Gasteiger partial charge in [-0.05, 0) is 36.8 Å². The van der Waals surface area contributed by atoms with Crippen molar-refractivity contribution in [2.75, 3.05) is 12.4 Å². The van der Waals surface area contributed by atoms with Crippen LogP contribution >= 0.6 is 0 Å². The molecule has 0 aliphatic rings. The maximum atomic E-state index is 12.7. The molecule has 0 atom stereocenters. The Morgan fingerprint density at radius 1 is 1.14 bits per heavy atom. The van der Waals surface area contributed by atoms with E-state index in [1.165, 1.54) is 6.92 Å². The number of aromatic nitrogens is 1. The van der Waals surface area contributed by atoms with Gasteiger partial charge in [-0.3, -0.25) is 0 Å². The lowest BCUT2D eigenvalue weighted by Gasteiger charge is -2.11. The molecule has 1 aromatic carbocycles. The summed E-state index contributed by atoms with van der Waals surface area (Å²) in [7, 11) is 1.57. The van der Waals surface area contributed by atoms with Crippen molar-refractivity contribution in [2.45, 2.75) is 19.6 Å². The first-order chi connectivity index (χ1) is 9.88. The number of rotatable bonds is 4. The van der Waals surface area contributed by atoms with Crippen LogP contribution in [0.15, 0.2) is 36.4 Å². The molecule has 0 aliphatic carbocycles. The van der Waals surface area contributed by atoms with E-state index in [1.54, 1.807) is 19.2 Å². The molecule has 21 heavy (non-hydrogen) atoms. The van der Waals surface area contributed by atoms with Crippen LogP contribution < -0.4 is 10.1 Å². The summed E-state index contributed by atoms with van der Waals surface area (Å²) in [5.74, 6) is 0.935. The van der Waals surface area contributed by atoms with Crippen LogP contribution in [0.4, 0.5) is 19.0 Å². The van der Waals surface area contributed by atoms with Gasteiger partial charge in [-0.1, -0.05) is 12.1 Å². The number of hydrogen-bond acceptors (Lipinski definition) is 3. The molecule has 0 radical (unpaired) electrons. The van der Waals surface area contributed by atoms with Crippen LogP contribution in [0.3, 0.4) is 0 Å². The van der Waals surface area contributed by atoms with Crippen molar-refractivity contribution in [1.82, 2.24) is 4.98 Å². The number of halogens is 3. The van der Waals surface area contributed by atoms with Crippen molar-refractivity contribution in [1.29, 1.82) is 0 Å². The fourth-order valence-electron chi connectivity index (χ4n) is 1.86. The summed E-state index contributed by atoms with van der Waals surface area (Å²) in [6.07, 6.45) is -4.37. The lowest BCUT2D eigenvalue weighted by atomic mass is 10.2. The second-order valence-electron chi connectivity index (χ2n) is 4.58. The number of hydrogen-bond donors (Lipinski definition) is 1. The van der Waals surface area contributed by atoms with Crippen molar-refractivity contribution >= 4 is 5.82 Å². The molecule has 0 saturated heterocycles. The minimum atomic E-state index is -4.37. The van der Waals surface area contributed by atoms with E-state index in [0.717, 1.165) is 23.4 Å². The minimum absolute atomic E-state index is 0.207. The fourth-order valence-corrected chi connectivity index (χ4v) is 1.86. The highest BCUT2D eigenvalue weighted by molar-refractivity contribution is 5.41. The predicted molar refractivity (Wildman–Crippen MR) is 74.3 cm³/mol. The largest absolute Gasteiger partial charge is 0.497 e. The SMILES string of the molecule is COc1ccc(CNc2cc(C(F)(F)F)cc(C)n2)cc1. The average Bonchev–Trinajstić information content (AvgIpc) is 2.44. The zero-order valence-corrected chi connectivity index (χ0v) is 11.7. The maximum Gasteiger partial charge on any atom is 0.416 e. The second-order valence-corrected chi connectivity index (χ2v) is 4.58. The van der Waals surface area contributed by atoms with Gasteiger partial charge in [-0.2, -0.15) is 13.2 Å². The van der Waals surface area contributed by atoms with Gasteiger partial charge in [0.15, 0.2) is 0 Å². The van der Waals surface area contributed by atoms with Crippen LogP contribution in [0, 0.1) is 6.92 Å². The number of alkyl halides is 3. The van der Waals surface area contributed by atoms with Gasteiger partial charge in [0.2, 0.25) is 0 Å². The number of aryl methyl sites for hydroxylation is 1. The third-order valence-corrected chi connectivity index (χ3v) is 2.91. The fraction of sp³-hybridized carbons (Fsp3) is 0.267. The zero-order chi connectivity index (χ0) is 15.5. The molecule has 1 aromatic heterocycles. The number of nitrogens with one attached hydrogen (secondary N) is 1. The second kappa shape index (κ2) is 6.03. The van der Waals surface area contributed by atoms with Crippen molar-refractivity contribution in [3.05, 3.63) is 53.2 Å². The molecule has 1 heterocycles. The Labute approximate surface area is 120 Å². The summed E-state index contributed by atoms with van der Waals surface area (Å²) in [5.41, 5.74) is 0.543. The molecule has 2 rings (SSSR count). The molecule has 6 heteroatoms. The predicted octanol–water partition coefficient (Wildman–Crippen LogP) is 4.03. The molecule has 0 amide bonds. The van der Waals surface area contributed by atoms with Gasteiger partial charge in [-0.15, -0.1) is 0 Å². The zero-order valence-electron chi connectivity index (χ0n) is 11.7. The van der Waals surface area contributed by atoms with E-state index in [2.05, 4.69) is 10.3 Å². The number of benzene rings is 1. The summed E-state index contributed by atoms with van der Waals surface area (Å²) in [6, 6.07) is 9.30. The van der Waals surface area contributed by atoms with E-state index in [-0.39, 0.29) is 5.82 Å². The van der Waals surface area contributed by atoms with Crippen LogP contribution in [0.25, 0.3) is 0 Å². The lowest BCUT2D eigenvalue weighted by molar-refractivity contribution is -0.137. The van der Waals surface area contributed by atoms with E-state index in [0.29, 0.717) is 12.2 Å². The maximum absolute atomic E-state index is 12.7. The minimum Gasteiger partial charge on any atom is -0.497 e. The molecule has 0 aliphatic heterocycles. The first kappa shape index (κ1) is 15.2. The molecule has 1 N–H and O–H groups in total. The molecular weight excluding hydrogens is 281 g/mol. The van der Waals surface area contributed by atoms with Crippen molar-refractivity contribution < 1.29 is 17.9 Å². The van der Waals surface area contributed by atoms with Crippen molar-refractivity contribution in [3.8, 4) is 5.75 Å². The molecular formula is C15H15F3N2O. The van der Waals surface area contributed by atoms with E-state index in [4.69, 9.17) is 4.74 Å². The summed E-state index contributed by atoms with van der Waals surface area (Å²) < 4.78 is 43.2. The normalized spacial score (nSPS) is 11.3. The van der Waals surface area contributed by atoms with Crippen molar-refractivity contribution in [3.63, 3.8) is 0 Å². The van der Waals surface area contributed by atoms with Crippen molar-refractivity contribution in [2.24, 2.45) is 0 Å².